The molecule has 3 rings (SSSR count). The summed E-state index contributed by atoms with van der Waals surface area (Å²) in [6.07, 6.45) is 3.05. The summed E-state index contributed by atoms with van der Waals surface area (Å²) in [4.78, 5) is 14.8. The zero-order valence-corrected chi connectivity index (χ0v) is 14.4. The van der Waals surface area contributed by atoms with Crippen LogP contribution in [0.25, 0.3) is 0 Å². The van der Waals surface area contributed by atoms with Gasteiger partial charge in [0.2, 0.25) is 10.0 Å². The molecule has 0 saturated carbocycles. The normalized spacial score (nSPS) is 15.5. The first-order valence-electron chi connectivity index (χ1n) is 7.57. The number of nitrogens with one attached hydrogen (secondary N) is 1. The highest BCUT2D eigenvalue weighted by atomic mass is 35.5. The molecular formula is C16H17ClN2O4S. The van der Waals surface area contributed by atoms with Crippen LogP contribution < -0.4 is 0 Å². The Morgan fingerprint density at radius 2 is 1.88 bits per heavy atom. The number of H-pyrrole nitrogens is 1. The Morgan fingerprint density at radius 1 is 1.21 bits per heavy atom. The fourth-order valence-corrected chi connectivity index (χ4v) is 4.16. The molecule has 0 spiro atoms. The van der Waals surface area contributed by atoms with E-state index < -0.39 is 16.0 Å². The van der Waals surface area contributed by atoms with E-state index >= 15 is 0 Å². The standard InChI is InChI=1S/C16H17ClN2O4S/c17-13-5-3-12(4-6-13)11-23-16(20)15-9-14(10-18-15)24(21,22)19-7-1-2-8-19/h3-6,9-10,18H,1-2,7-8,11H2. The van der Waals surface area contributed by atoms with Crippen LogP contribution in [0, 0.1) is 0 Å². The summed E-state index contributed by atoms with van der Waals surface area (Å²) < 4.78 is 31.5. The second kappa shape index (κ2) is 6.96. The number of nitrogens with zero attached hydrogens (tertiary/aromatic N) is 1. The maximum absolute atomic E-state index is 12.4. The minimum atomic E-state index is -3.54. The van der Waals surface area contributed by atoms with Gasteiger partial charge in [0.15, 0.2) is 0 Å². The van der Waals surface area contributed by atoms with Crippen molar-refractivity contribution in [2.45, 2.75) is 24.3 Å². The van der Waals surface area contributed by atoms with Crippen molar-refractivity contribution >= 4 is 27.6 Å². The third-order valence-corrected chi connectivity index (χ3v) is 5.99. The van der Waals surface area contributed by atoms with Crippen molar-refractivity contribution < 1.29 is 17.9 Å². The summed E-state index contributed by atoms with van der Waals surface area (Å²) >= 11 is 5.80. The van der Waals surface area contributed by atoms with Gasteiger partial charge in [0, 0.05) is 24.3 Å². The molecule has 0 radical (unpaired) electrons. The van der Waals surface area contributed by atoms with Crippen molar-refractivity contribution in [2.75, 3.05) is 13.1 Å². The van der Waals surface area contributed by atoms with E-state index in [0.29, 0.717) is 18.1 Å². The van der Waals surface area contributed by atoms with E-state index in [9.17, 15) is 13.2 Å². The summed E-state index contributed by atoms with van der Waals surface area (Å²) in [6, 6.07) is 8.25. The molecule has 0 atom stereocenters. The van der Waals surface area contributed by atoms with E-state index in [1.54, 1.807) is 24.3 Å². The summed E-state index contributed by atoms with van der Waals surface area (Å²) in [5, 5.41) is 0.603. The highest BCUT2D eigenvalue weighted by Crippen LogP contribution is 2.21. The number of carbonyl (C=O) groups is 1. The zero-order chi connectivity index (χ0) is 17.2. The number of aromatic nitrogens is 1. The molecule has 0 unspecified atom stereocenters. The van der Waals surface area contributed by atoms with Gasteiger partial charge in [0.1, 0.15) is 17.2 Å². The molecule has 1 saturated heterocycles. The Labute approximate surface area is 145 Å². The number of hydrogen-bond acceptors (Lipinski definition) is 4. The van der Waals surface area contributed by atoms with Gasteiger partial charge in [-0.15, -0.1) is 0 Å². The van der Waals surface area contributed by atoms with Gasteiger partial charge in [-0.2, -0.15) is 4.31 Å². The second-order valence-corrected chi connectivity index (χ2v) is 7.94. The topological polar surface area (TPSA) is 79.5 Å². The first-order valence-corrected chi connectivity index (χ1v) is 9.39. The van der Waals surface area contributed by atoms with Crippen LogP contribution in [-0.4, -0.2) is 36.8 Å². The summed E-state index contributed by atoms with van der Waals surface area (Å²) in [5.41, 5.74) is 0.908. The molecule has 0 amide bonds. The highest BCUT2D eigenvalue weighted by molar-refractivity contribution is 7.89. The predicted octanol–water partition coefficient (Wildman–Crippen LogP) is 2.81. The summed E-state index contributed by atoms with van der Waals surface area (Å²) in [6.45, 7) is 1.12. The van der Waals surface area contributed by atoms with E-state index in [0.717, 1.165) is 18.4 Å². The van der Waals surface area contributed by atoms with E-state index in [2.05, 4.69) is 4.98 Å². The minimum Gasteiger partial charge on any atom is -0.456 e. The van der Waals surface area contributed by atoms with Crippen LogP contribution in [0.4, 0.5) is 0 Å². The molecule has 0 bridgehead atoms. The molecule has 2 aromatic rings. The average molecular weight is 369 g/mol. The van der Waals surface area contributed by atoms with Crippen LogP contribution in [0.15, 0.2) is 41.4 Å². The van der Waals surface area contributed by atoms with Crippen molar-refractivity contribution in [1.29, 1.82) is 0 Å². The quantitative estimate of drug-likeness (QED) is 0.823. The van der Waals surface area contributed by atoms with Crippen molar-refractivity contribution in [3.8, 4) is 0 Å². The Morgan fingerprint density at radius 3 is 2.54 bits per heavy atom. The molecule has 1 aliphatic heterocycles. The Bertz CT molecular complexity index is 824. The third kappa shape index (κ3) is 3.63. The smallest absolute Gasteiger partial charge is 0.355 e. The number of hydrogen-bond donors (Lipinski definition) is 1. The average Bonchev–Trinajstić information content (AvgIpc) is 3.26. The Kier molecular flexibility index (Phi) is 4.93. The predicted molar refractivity (Wildman–Crippen MR) is 89.4 cm³/mol. The van der Waals surface area contributed by atoms with Crippen LogP contribution in [0.3, 0.4) is 0 Å². The van der Waals surface area contributed by atoms with Crippen LogP contribution in [-0.2, 0) is 21.4 Å². The largest absolute Gasteiger partial charge is 0.456 e. The number of ether oxygens (including phenoxy) is 1. The lowest BCUT2D eigenvalue weighted by Gasteiger charge is -2.13. The molecule has 6 nitrogen and oxygen atoms in total. The van der Waals surface area contributed by atoms with Gasteiger partial charge in [-0.25, -0.2) is 13.2 Å². The summed E-state index contributed by atoms with van der Waals surface area (Å²) in [7, 11) is -3.54. The highest BCUT2D eigenvalue weighted by Gasteiger charge is 2.28. The third-order valence-electron chi connectivity index (χ3n) is 3.86. The van der Waals surface area contributed by atoms with Gasteiger partial charge in [-0.3, -0.25) is 0 Å². The van der Waals surface area contributed by atoms with Gasteiger partial charge < -0.3 is 9.72 Å². The number of carbonyl (C=O) groups excluding carboxylic acids is 1. The number of aromatic amines is 1. The SMILES string of the molecule is O=C(OCc1ccc(Cl)cc1)c1cc(S(=O)(=O)N2CCCC2)c[nH]1. The molecule has 2 heterocycles. The summed E-state index contributed by atoms with van der Waals surface area (Å²) in [5.74, 6) is -0.604. The number of benzene rings is 1. The molecule has 24 heavy (non-hydrogen) atoms. The lowest BCUT2D eigenvalue weighted by Crippen LogP contribution is -2.27. The van der Waals surface area contributed by atoms with E-state index in [-0.39, 0.29) is 17.2 Å². The maximum Gasteiger partial charge on any atom is 0.355 e. The maximum atomic E-state index is 12.4. The van der Waals surface area contributed by atoms with Crippen molar-refractivity contribution in [3.63, 3.8) is 0 Å². The monoisotopic (exact) mass is 368 g/mol. The number of sulfonamides is 1. The van der Waals surface area contributed by atoms with E-state index in [1.807, 2.05) is 0 Å². The minimum absolute atomic E-state index is 0.0860. The fraction of sp³-hybridized carbons (Fsp3) is 0.312. The Balaban J connectivity index is 1.66. The molecule has 1 N–H and O–H groups in total. The van der Waals surface area contributed by atoms with Gasteiger partial charge in [-0.1, -0.05) is 23.7 Å². The molecule has 1 aromatic carbocycles. The van der Waals surface area contributed by atoms with Crippen LogP contribution in [0.1, 0.15) is 28.9 Å². The molecule has 1 aliphatic rings. The molecule has 128 valence electrons. The molecular weight excluding hydrogens is 352 g/mol. The van der Waals surface area contributed by atoms with Crippen molar-refractivity contribution in [1.82, 2.24) is 9.29 Å². The lowest BCUT2D eigenvalue weighted by molar-refractivity contribution is 0.0466. The zero-order valence-electron chi connectivity index (χ0n) is 12.9. The van der Waals surface area contributed by atoms with Gasteiger partial charge in [0.05, 0.1) is 0 Å². The number of esters is 1. The molecule has 1 fully saturated rings. The van der Waals surface area contributed by atoms with Crippen LogP contribution >= 0.6 is 11.6 Å². The number of halogens is 1. The lowest BCUT2D eigenvalue weighted by atomic mass is 10.2. The first kappa shape index (κ1) is 17.0. The first-order chi connectivity index (χ1) is 11.5. The number of rotatable bonds is 5. The van der Waals surface area contributed by atoms with E-state index in [1.165, 1.54) is 16.6 Å². The molecule has 1 aromatic heterocycles. The van der Waals surface area contributed by atoms with Crippen molar-refractivity contribution in [2.24, 2.45) is 0 Å². The van der Waals surface area contributed by atoms with Gasteiger partial charge >= 0.3 is 5.97 Å². The Hall–Kier alpha value is -1.83. The van der Waals surface area contributed by atoms with Crippen molar-refractivity contribution in [3.05, 3.63) is 52.8 Å². The second-order valence-electron chi connectivity index (χ2n) is 5.56. The van der Waals surface area contributed by atoms with Gasteiger partial charge in [-0.05, 0) is 36.6 Å². The van der Waals surface area contributed by atoms with E-state index in [4.69, 9.17) is 16.3 Å². The molecule has 8 heteroatoms. The van der Waals surface area contributed by atoms with Crippen LogP contribution in [0.2, 0.25) is 5.02 Å². The molecule has 0 aliphatic carbocycles. The van der Waals surface area contributed by atoms with Gasteiger partial charge in [0.25, 0.3) is 0 Å². The van der Waals surface area contributed by atoms with Crippen LogP contribution in [0.5, 0.6) is 0 Å². The fourth-order valence-electron chi connectivity index (χ4n) is 2.53.